The normalized spacial score (nSPS) is 17.6. The predicted molar refractivity (Wildman–Crippen MR) is 88.1 cm³/mol. The largest absolute Gasteiger partial charge is 0.376 e. The maximum absolute atomic E-state index is 10.9. The van der Waals surface area contributed by atoms with Crippen molar-refractivity contribution in [1.29, 1.82) is 0 Å². The lowest BCUT2D eigenvalue weighted by atomic mass is 10.1. The number of nitrogens with zero attached hydrogens (tertiary/aromatic N) is 2. The molecule has 0 aliphatic carbocycles. The second kappa shape index (κ2) is 7.81. The summed E-state index contributed by atoms with van der Waals surface area (Å²) in [6, 6.07) is 4.92. The first-order chi connectivity index (χ1) is 10.6. The first-order valence-electron chi connectivity index (χ1n) is 7.00. The van der Waals surface area contributed by atoms with E-state index in [2.05, 4.69) is 15.8 Å². The molecular weight excluding hydrogens is 304 g/mol. The SMILES string of the molecule is Cc1ccc(/C=N\NC(=S)NC[C@H]2CCCO2)cc1[N+](=O)[O-]. The highest BCUT2D eigenvalue weighted by molar-refractivity contribution is 7.80. The molecule has 118 valence electrons. The van der Waals surface area contributed by atoms with Crippen LogP contribution in [0.4, 0.5) is 5.69 Å². The first kappa shape index (κ1) is 16.3. The minimum Gasteiger partial charge on any atom is -0.376 e. The monoisotopic (exact) mass is 322 g/mol. The first-order valence-corrected chi connectivity index (χ1v) is 7.40. The van der Waals surface area contributed by atoms with Gasteiger partial charge in [-0.05, 0) is 32.0 Å². The maximum Gasteiger partial charge on any atom is 0.272 e. The lowest BCUT2D eigenvalue weighted by Gasteiger charge is -2.11. The molecule has 0 bridgehead atoms. The summed E-state index contributed by atoms with van der Waals surface area (Å²) in [7, 11) is 0. The number of hydrogen-bond acceptors (Lipinski definition) is 5. The number of benzene rings is 1. The molecule has 2 rings (SSSR count). The molecule has 1 heterocycles. The Balaban J connectivity index is 1.82. The van der Waals surface area contributed by atoms with E-state index in [9.17, 15) is 10.1 Å². The van der Waals surface area contributed by atoms with E-state index in [-0.39, 0.29) is 11.8 Å². The van der Waals surface area contributed by atoms with Gasteiger partial charge in [0.15, 0.2) is 5.11 Å². The van der Waals surface area contributed by atoms with Crippen LogP contribution in [0.2, 0.25) is 0 Å². The van der Waals surface area contributed by atoms with Crippen molar-refractivity contribution in [3.05, 3.63) is 39.4 Å². The van der Waals surface area contributed by atoms with Gasteiger partial charge in [0.2, 0.25) is 0 Å². The number of hydrogen-bond donors (Lipinski definition) is 2. The Bertz CT molecular complexity index is 585. The fourth-order valence-corrected chi connectivity index (χ4v) is 2.26. The van der Waals surface area contributed by atoms with Crippen LogP contribution in [-0.4, -0.2) is 35.5 Å². The zero-order chi connectivity index (χ0) is 15.9. The lowest BCUT2D eigenvalue weighted by Crippen LogP contribution is -2.37. The number of hydrazone groups is 1. The summed E-state index contributed by atoms with van der Waals surface area (Å²) in [4.78, 5) is 10.5. The van der Waals surface area contributed by atoms with Gasteiger partial charge in [-0.3, -0.25) is 15.5 Å². The molecule has 0 saturated carbocycles. The maximum atomic E-state index is 10.9. The Labute approximate surface area is 133 Å². The highest BCUT2D eigenvalue weighted by Gasteiger charge is 2.15. The Morgan fingerprint density at radius 1 is 1.64 bits per heavy atom. The Kier molecular flexibility index (Phi) is 5.79. The van der Waals surface area contributed by atoms with Gasteiger partial charge in [0.25, 0.3) is 5.69 Å². The molecule has 1 aromatic carbocycles. The van der Waals surface area contributed by atoms with Crippen molar-refractivity contribution in [2.24, 2.45) is 5.10 Å². The van der Waals surface area contributed by atoms with Gasteiger partial charge in [-0.25, -0.2) is 0 Å². The predicted octanol–water partition coefficient (Wildman–Crippen LogP) is 1.88. The summed E-state index contributed by atoms with van der Waals surface area (Å²) in [6.45, 7) is 3.15. The Morgan fingerprint density at radius 3 is 3.14 bits per heavy atom. The van der Waals surface area contributed by atoms with Crippen LogP contribution >= 0.6 is 12.2 Å². The molecule has 0 radical (unpaired) electrons. The quantitative estimate of drug-likeness (QED) is 0.372. The number of aryl methyl sites for hydroxylation is 1. The van der Waals surface area contributed by atoms with Crippen LogP contribution in [0.15, 0.2) is 23.3 Å². The van der Waals surface area contributed by atoms with E-state index in [1.165, 1.54) is 12.3 Å². The molecule has 0 aromatic heterocycles. The Morgan fingerprint density at radius 2 is 2.45 bits per heavy atom. The third-order valence-corrected chi connectivity index (χ3v) is 3.56. The molecule has 8 heteroatoms. The fourth-order valence-electron chi connectivity index (χ4n) is 2.12. The van der Waals surface area contributed by atoms with Crippen molar-refractivity contribution in [2.75, 3.05) is 13.2 Å². The summed E-state index contributed by atoms with van der Waals surface area (Å²) in [5.41, 5.74) is 4.00. The lowest BCUT2D eigenvalue weighted by molar-refractivity contribution is -0.385. The third-order valence-electron chi connectivity index (χ3n) is 3.32. The van der Waals surface area contributed by atoms with E-state index < -0.39 is 4.92 Å². The second-order valence-corrected chi connectivity index (χ2v) is 5.43. The van der Waals surface area contributed by atoms with Crippen molar-refractivity contribution in [3.8, 4) is 0 Å². The van der Waals surface area contributed by atoms with Gasteiger partial charge in [0.1, 0.15) is 0 Å². The molecule has 0 spiro atoms. The molecule has 1 aliphatic rings. The van der Waals surface area contributed by atoms with Crippen LogP contribution < -0.4 is 10.7 Å². The number of nitro benzene ring substituents is 1. The zero-order valence-corrected chi connectivity index (χ0v) is 13.1. The highest BCUT2D eigenvalue weighted by Crippen LogP contribution is 2.18. The van der Waals surface area contributed by atoms with Gasteiger partial charge in [0, 0.05) is 30.3 Å². The standard InChI is InChI=1S/C14H18N4O3S/c1-10-4-5-11(7-13(10)18(19)20)8-16-17-14(22)15-9-12-3-2-6-21-12/h4-5,7-8,12H,2-3,6,9H2,1H3,(H2,15,17,22)/b16-8-/t12-/m1/s1. The minimum absolute atomic E-state index is 0.0723. The molecule has 1 saturated heterocycles. The van der Waals surface area contributed by atoms with Crippen LogP contribution in [0, 0.1) is 17.0 Å². The molecule has 1 fully saturated rings. The fraction of sp³-hybridized carbons (Fsp3) is 0.429. The average Bonchev–Trinajstić information content (AvgIpc) is 3.00. The highest BCUT2D eigenvalue weighted by atomic mass is 32.1. The number of ether oxygens (including phenoxy) is 1. The molecule has 0 amide bonds. The van der Waals surface area contributed by atoms with E-state index in [1.807, 2.05) is 0 Å². The molecule has 1 aromatic rings. The van der Waals surface area contributed by atoms with Gasteiger partial charge in [-0.1, -0.05) is 12.1 Å². The summed E-state index contributed by atoms with van der Waals surface area (Å²) < 4.78 is 5.47. The summed E-state index contributed by atoms with van der Waals surface area (Å²) in [6.07, 6.45) is 3.80. The number of nitrogens with one attached hydrogen (secondary N) is 2. The Hall–Kier alpha value is -2.06. The smallest absolute Gasteiger partial charge is 0.272 e. The van der Waals surface area contributed by atoms with Crippen molar-refractivity contribution < 1.29 is 9.66 Å². The van der Waals surface area contributed by atoms with Crippen LogP contribution in [0.25, 0.3) is 0 Å². The van der Waals surface area contributed by atoms with E-state index in [0.29, 0.717) is 22.8 Å². The topological polar surface area (TPSA) is 88.8 Å². The van der Waals surface area contributed by atoms with Crippen molar-refractivity contribution in [2.45, 2.75) is 25.9 Å². The van der Waals surface area contributed by atoms with Gasteiger partial charge in [0.05, 0.1) is 17.2 Å². The zero-order valence-electron chi connectivity index (χ0n) is 12.2. The molecule has 2 N–H and O–H groups in total. The second-order valence-electron chi connectivity index (χ2n) is 5.02. The van der Waals surface area contributed by atoms with Crippen molar-refractivity contribution in [1.82, 2.24) is 10.7 Å². The summed E-state index contributed by atoms with van der Waals surface area (Å²) >= 11 is 5.09. The van der Waals surface area contributed by atoms with E-state index in [4.69, 9.17) is 17.0 Å². The summed E-state index contributed by atoms with van der Waals surface area (Å²) in [5, 5.41) is 18.3. The third kappa shape index (κ3) is 4.74. The number of thiocarbonyl (C=S) groups is 1. The average molecular weight is 322 g/mol. The molecular formula is C14H18N4O3S. The molecule has 7 nitrogen and oxygen atoms in total. The molecule has 1 aliphatic heterocycles. The van der Waals surface area contributed by atoms with E-state index >= 15 is 0 Å². The van der Waals surface area contributed by atoms with Crippen LogP contribution in [0.5, 0.6) is 0 Å². The number of nitro groups is 1. The van der Waals surface area contributed by atoms with Crippen LogP contribution in [-0.2, 0) is 4.74 Å². The van der Waals surface area contributed by atoms with Gasteiger partial charge < -0.3 is 10.1 Å². The van der Waals surface area contributed by atoms with Crippen molar-refractivity contribution >= 4 is 29.2 Å². The van der Waals surface area contributed by atoms with Crippen molar-refractivity contribution in [3.63, 3.8) is 0 Å². The van der Waals surface area contributed by atoms with Gasteiger partial charge in [-0.15, -0.1) is 0 Å². The van der Waals surface area contributed by atoms with Crippen LogP contribution in [0.3, 0.4) is 0 Å². The molecule has 1 atom stereocenters. The van der Waals surface area contributed by atoms with E-state index in [1.54, 1.807) is 19.1 Å². The van der Waals surface area contributed by atoms with E-state index in [0.717, 1.165) is 19.4 Å². The molecule has 22 heavy (non-hydrogen) atoms. The number of rotatable bonds is 5. The minimum atomic E-state index is -0.409. The molecule has 0 unspecified atom stereocenters. The van der Waals surface area contributed by atoms with Crippen LogP contribution in [0.1, 0.15) is 24.0 Å². The summed E-state index contributed by atoms with van der Waals surface area (Å²) in [5.74, 6) is 0. The van der Waals surface area contributed by atoms with Gasteiger partial charge >= 0.3 is 0 Å². The van der Waals surface area contributed by atoms with Gasteiger partial charge in [-0.2, -0.15) is 5.10 Å².